The Hall–Kier alpha value is -0.610. The molecule has 0 spiro atoms. The standard InChI is InChI=1S/C9H19NO3/c1-7(11)6-10-9(12)5-4-8(2)13-3/h7-8,11H,4-6H2,1-3H3,(H,10,12)/t7-,8?/m1/s1. The van der Waals surface area contributed by atoms with Crippen molar-refractivity contribution in [2.45, 2.75) is 38.9 Å². The van der Waals surface area contributed by atoms with E-state index >= 15 is 0 Å². The van der Waals surface area contributed by atoms with Crippen LogP contribution < -0.4 is 5.32 Å². The van der Waals surface area contributed by atoms with Gasteiger partial charge in [-0.3, -0.25) is 4.79 Å². The molecule has 0 saturated heterocycles. The van der Waals surface area contributed by atoms with E-state index in [1.165, 1.54) is 0 Å². The van der Waals surface area contributed by atoms with Gasteiger partial charge in [-0.05, 0) is 20.3 Å². The summed E-state index contributed by atoms with van der Waals surface area (Å²) in [6.07, 6.45) is 0.783. The summed E-state index contributed by atoms with van der Waals surface area (Å²) < 4.78 is 5.00. The molecular formula is C9H19NO3. The average molecular weight is 189 g/mol. The van der Waals surface area contributed by atoms with Gasteiger partial charge in [0.05, 0.1) is 12.2 Å². The van der Waals surface area contributed by atoms with E-state index < -0.39 is 6.10 Å². The normalized spacial score (nSPS) is 15.1. The molecule has 0 aliphatic carbocycles. The third-order valence-electron chi connectivity index (χ3n) is 1.77. The highest BCUT2D eigenvalue weighted by Gasteiger charge is 2.05. The Kier molecular flexibility index (Phi) is 6.54. The van der Waals surface area contributed by atoms with Gasteiger partial charge in [-0.1, -0.05) is 0 Å². The van der Waals surface area contributed by atoms with Crippen molar-refractivity contribution in [2.75, 3.05) is 13.7 Å². The third kappa shape index (κ3) is 7.74. The quantitative estimate of drug-likeness (QED) is 0.631. The lowest BCUT2D eigenvalue weighted by Gasteiger charge is -2.10. The van der Waals surface area contributed by atoms with Crippen molar-refractivity contribution in [3.8, 4) is 0 Å². The Balaban J connectivity index is 3.40. The van der Waals surface area contributed by atoms with Crippen molar-refractivity contribution < 1.29 is 14.6 Å². The number of amides is 1. The van der Waals surface area contributed by atoms with Crippen LogP contribution in [0.15, 0.2) is 0 Å². The molecular weight excluding hydrogens is 170 g/mol. The fourth-order valence-corrected chi connectivity index (χ4v) is 0.802. The maximum atomic E-state index is 11.1. The van der Waals surface area contributed by atoms with Gasteiger partial charge in [-0.25, -0.2) is 0 Å². The van der Waals surface area contributed by atoms with Gasteiger partial charge in [0, 0.05) is 20.1 Å². The number of aliphatic hydroxyl groups excluding tert-OH is 1. The van der Waals surface area contributed by atoms with Gasteiger partial charge in [0.15, 0.2) is 0 Å². The lowest BCUT2D eigenvalue weighted by atomic mass is 10.2. The number of aliphatic hydroxyl groups is 1. The Morgan fingerprint density at radius 3 is 2.62 bits per heavy atom. The molecule has 1 unspecified atom stereocenters. The van der Waals surface area contributed by atoms with Crippen LogP contribution in [0, 0.1) is 0 Å². The highest BCUT2D eigenvalue weighted by molar-refractivity contribution is 5.75. The van der Waals surface area contributed by atoms with E-state index in [4.69, 9.17) is 9.84 Å². The van der Waals surface area contributed by atoms with Crippen LogP contribution in [0.25, 0.3) is 0 Å². The second-order valence-electron chi connectivity index (χ2n) is 3.24. The molecule has 0 fully saturated rings. The molecule has 0 bridgehead atoms. The van der Waals surface area contributed by atoms with E-state index in [0.717, 1.165) is 0 Å². The topological polar surface area (TPSA) is 58.6 Å². The lowest BCUT2D eigenvalue weighted by molar-refractivity contribution is -0.122. The molecule has 2 N–H and O–H groups in total. The molecule has 13 heavy (non-hydrogen) atoms. The minimum absolute atomic E-state index is 0.0372. The Morgan fingerprint density at radius 2 is 2.15 bits per heavy atom. The minimum atomic E-state index is -0.483. The fraction of sp³-hybridized carbons (Fsp3) is 0.889. The number of nitrogens with one attached hydrogen (secondary N) is 1. The smallest absolute Gasteiger partial charge is 0.220 e. The number of rotatable bonds is 6. The van der Waals surface area contributed by atoms with Gasteiger partial charge in [-0.2, -0.15) is 0 Å². The summed E-state index contributed by atoms with van der Waals surface area (Å²) in [6.45, 7) is 3.88. The van der Waals surface area contributed by atoms with E-state index in [2.05, 4.69) is 5.32 Å². The van der Waals surface area contributed by atoms with E-state index in [0.29, 0.717) is 19.4 Å². The molecule has 2 atom stereocenters. The molecule has 0 aromatic carbocycles. The minimum Gasteiger partial charge on any atom is -0.392 e. The number of carbonyl (C=O) groups excluding carboxylic acids is 1. The molecule has 0 saturated carbocycles. The van der Waals surface area contributed by atoms with E-state index in [9.17, 15) is 4.79 Å². The number of hydrogen-bond acceptors (Lipinski definition) is 3. The zero-order valence-electron chi connectivity index (χ0n) is 8.54. The third-order valence-corrected chi connectivity index (χ3v) is 1.77. The molecule has 4 heteroatoms. The van der Waals surface area contributed by atoms with Gasteiger partial charge in [0.1, 0.15) is 0 Å². The summed E-state index contributed by atoms with van der Waals surface area (Å²) in [5.74, 6) is -0.0372. The molecule has 0 rings (SSSR count). The predicted molar refractivity (Wildman–Crippen MR) is 50.4 cm³/mol. The van der Waals surface area contributed by atoms with Crippen LogP contribution in [0.1, 0.15) is 26.7 Å². The number of methoxy groups -OCH3 is 1. The van der Waals surface area contributed by atoms with Crippen molar-refractivity contribution in [3.63, 3.8) is 0 Å². The van der Waals surface area contributed by atoms with E-state index in [1.807, 2.05) is 6.92 Å². The maximum Gasteiger partial charge on any atom is 0.220 e. The average Bonchev–Trinajstić information content (AvgIpc) is 2.10. The highest BCUT2D eigenvalue weighted by Crippen LogP contribution is 1.99. The largest absolute Gasteiger partial charge is 0.392 e. The van der Waals surface area contributed by atoms with Crippen LogP contribution in [0.3, 0.4) is 0 Å². The van der Waals surface area contributed by atoms with Crippen molar-refractivity contribution in [2.24, 2.45) is 0 Å². The summed E-state index contributed by atoms with van der Waals surface area (Å²) in [5.41, 5.74) is 0. The Bertz CT molecular complexity index is 148. The summed E-state index contributed by atoms with van der Waals surface area (Å²) in [6, 6.07) is 0. The summed E-state index contributed by atoms with van der Waals surface area (Å²) in [7, 11) is 1.62. The maximum absolute atomic E-state index is 11.1. The first kappa shape index (κ1) is 12.4. The molecule has 1 amide bonds. The Labute approximate surface area is 79.3 Å². The second kappa shape index (κ2) is 6.86. The lowest BCUT2D eigenvalue weighted by Crippen LogP contribution is -2.30. The highest BCUT2D eigenvalue weighted by atomic mass is 16.5. The van der Waals surface area contributed by atoms with Crippen molar-refractivity contribution in [1.82, 2.24) is 5.32 Å². The molecule has 4 nitrogen and oxygen atoms in total. The predicted octanol–water partition coefficient (Wildman–Crippen LogP) is 0.299. The molecule has 0 aromatic heterocycles. The van der Waals surface area contributed by atoms with Crippen molar-refractivity contribution in [1.29, 1.82) is 0 Å². The Morgan fingerprint density at radius 1 is 1.54 bits per heavy atom. The summed E-state index contributed by atoms with van der Waals surface area (Å²) in [5, 5.41) is 11.5. The van der Waals surface area contributed by atoms with Crippen LogP contribution in [0.4, 0.5) is 0 Å². The van der Waals surface area contributed by atoms with Crippen LogP contribution >= 0.6 is 0 Å². The van der Waals surface area contributed by atoms with Gasteiger partial charge in [-0.15, -0.1) is 0 Å². The van der Waals surface area contributed by atoms with E-state index in [-0.39, 0.29) is 12.0 Å². The van der Waals surface area contributed by atoms with Gasteiger partial charge in [0.25, 0.3) is 0 Å². The summed E-state index contributed by atoms with van der Waals surface area (Å²) >= 11 is 0. The van der Waals surface area contributed by atoms with Crippen molar-refractivity contribution >= 4 is 5.91 Å². The van der Waals surface area contributed by atoms with Crippen LogP contribution in [-0.2, 0) is 9.53 Å². The zero-order chi connectivity index (χ0) is 10.3. The number of ether oxygens (including phenoxy) is 1. The molecule has 78 valence electrons. The zero-order valence-corrected chi connectivity index (χ0v) is 8.54. The summed E-state index contributed by atoms with van der Waals surface area (Å²) in [4.78, 5) is 11.1. The molecule has 0 aliphatic heterocycles. The molecule has 0 radical (unpaired) electrons. The SMILES string of the molecule is COC(C)CCC(=O)NC[C@@H](C)O. The number of carbonyl (C=O) groups is 1. The first-order valence-electron chi connectivity index (χ1n) is 4.53. The van der Waals surface area contributed by atoms with Crippen LogP contribution in [0.2, 0.25) is 0 Å². The second-order valence-corrected chi connectivity index (χ2v) is 3.24. The fourth-order valence-electron chi connectivity index (χ4n) is 0.802. The first-order valence-corrected chi connectivity index (χ1v) is 4.53. The molecule has 0 aliphatic rings. The number of hydrogen-bond donors (Lipinski definition) is 2. The molecule has 0 heterocycles. The van der Waals surface area contributed by atoms with Gasteiger partial charge < -0.3 is 15.2 Å². The van der Waals surface area contributed by atoms with Gasteiger partial charge >= 0.3 is 0 Å². The van der Waals surface area contributed by atoms with Crippen LogP contribution in [-0.4, -0.2) is 36.9 Å². The first-order chi connectivity index (χ1) is 6.06. The molecule has 0 aromatic rings. The van der Waals surface area contributed by atoms with Gasteiger partial charge in [0.2, 0.25) is 5.91 Å². The van der Waals surface area contributed by atoms with Crippen molar-refractivity contribution in [3.05, 3.63) is 0 Å². The van der Waals surface area contributed by atoms with Crippen LogP contribution in [0.5, 0.6) is 0 Å². The van der Waals surface area contributed by atoms with E-state index in [1.54, 1.807) is 14.0 Å². The monoisotopic (exact) mass is 189 g/mol.